The van der Waals surface area contributed by atoms with Crippen molar-refractivity contribution in [3.8, 4) is 5.75 Å². The van der Waals surface area contributed by atoms with Gasteiger partial charge in [-0.15, -0.1) is 11.3 Å². The average Bonchev–Trinajstić information content (AvgIpc) is 3.30. The van der Waals surface area contributed by atoms with Gasteiger partial charge in [-0.2, -0.15) is 0 Å². The Morgan fingerprint density at radius 1 is 0.784 bits per heavy atom. The Morgan fingerprint density at radius 3 is 2.38 bits per heavy atom. The van der Waals surface area contributed by atoms with E-state index in [-0.39, 0.29) is 11.8 Å². The Bertz CT molecular complexity index is 1570. The van der Waals surface area contributed by atoms with Crippen molar-refractivity contribution in [3.05, 3.63) is 129 Å². The van der Waals surface area contributed by atoms with Crippen LogP contribution in [-0.2, 0) is 13.2 Å². The van der Waals surface area contributed by atoms with Crippen LogP contribution in [0.25, 0.3) is 10.1 Å². The molecule has 0 aliphatic carbocycles. The van der Waals surface area contributed by atoms with Crippen molar-refractivity contribution in [1.29, 1.82) is 0 Å². The number of carbonyl (C=O) groups is 2. The van der Waals surface area contributed by atoms with Crippen LogP contribution in [0.2, 0.25) is 0 Å². The Balaban J connectivity index is 1.29. The molecule has 5 nitrogen and oxygen atoms in total. The van der Waals surface area contributed by atoms with Crippen LogP contribution in [0.5, 0.6) is 5.75 Å². The number of thiophene rings is 1. The van der Waals surface area contributed by atoms with Crippen molar-refractivity contribution in [2.24, 2.45) is 0 Å². The molecule has 0 atom stereocenters. The predicted molar refractivity (Wildman–Crippen MR) is 152 cm³/mol. The number of carbonyl (C=O) groups excluding carboxylic acids is 2. The molecule has 0 saturated carbocycles. The summed E-state index contributed by atoms with van der Waals surface area (Å²) in [5, 5.41) is 6.84. The third-order valence-electron chi connectivity index (χ3n) is 5.71. The quantitative estimate of drug-likeness (QED) is 0.204. The van der Waals surface area contributed by atoms with E-state index in [1.807, 2.05) is 91.0 Å². The molecule has 0 aliphatic heterocycles. The molecular formula is C30H23BrN2O3S. The van der Waals surface area contributed by atoms with E-state index in [4.69, 9.17) is 4.74 Å². The third-order valence-corrected chi connectivity index (χ3v) is 7.35. The fourth-order valence-corrected chi connectivity index (χ4v) is 5.36. The van der Waals surface area contributed by atoms with Crippen LogP contribution in [-0.4, -0.2) is 11.8 Å². The van der Waals surface area contributed by atoms with E-state index >= 15 is 0 Å². The maximum atomic E-state index is 13.2. The fourth-order valence-electron chi connectivity index (χ4n) is 3.90. The molecule has 0 aliphatic rings. The van der Waals surface area contributed by atoms with E-state index in [2.05, 4.69) is 26.6 Å². The molecule has 0 bridgehead atoms. The number of halogens is 1. The van der Waals surface area contributed by atoms with Gasteiger partial charge in [0.1, 0.15) is 11.5 Å². The number of hydrogen-bond acceptors (Lipinski definition) is 4. The minimum atomic E-state index is -0.201. The summed E-state index contributed by atoms with van der Waals surface area (Å²) in [4.78, 5) is 26.4. The Morgan fingerprint density at radius 2 is 1.54 bits per heavy atom. The molecule has 0 unspecified atom stereocenters. The zero-order valence-electron chi connectivity index (χ0n) is 19.7. The van der Waals surface area contributed by atoms with Crippen LogP contribution in [0.15, 0.2) is 108 Å². The molecule has 0 saturated heterocycles. The van der Waals surface area contributed by atoms with Crippen molar-refractivity contribution < 1.29 is 14.3 Å². The number of ether oxygens (including phenoxy) is 1. The van der Waals surface area contributed by atoms with Gasteiger partial charge >= 0.3 is 0 Å². The van der Waals surface area contributed by atoms with Crippen LogP contribution in [0, 0.1) is 0 Å². The summed E-state index contributed by atoms with van der Waals surface area (Å²) in [6.07, 6.45) is 0. The van der Waals surface area contributed by atoms with Gasteiger partial charge in [-0.05, 0) is 53.6 Å². The first-order valence-electron chi connectivity index (χ1n) is 11.7. The second-order valence-corrected chi connectivity index (χ2v) is 10.3. The Kier molecular flexibility index (Phi) is 7.63. The maximum absolute atomic E-state index is 13.2. The minimum Gasteiger partial charge on any atom is -0.487 e. The zero-order valence-corrected chi connectivity index (χ0v) is 22.1. The number of amides is 2. The van der Waals surface area contributed by atoms with Crippen molar-refractivity contribution in [2.75, 3.05) is 5.32 Å². The third kappa shape index (κ3) is 6.07. The van der Waals surface area contributed by atoms with Gasteiger partial charge in [0.05, 0.1) is 0 Å². The van der Waals surface area contributed by atoms with Gasteiger partial charge in [0.2, 0.25) is 0 Å². The van der Waals surface area contributed by atoms with Crippen molar-refractivity contribution in [1.82, 2.24) is 5.32 Å². The highest BCUT2D eigenvalue weighted by Gasteiger charge is 2.20. The number of benzene rings is 4. The van der Waals surface area contributed by atoms with Crippen molar-refractivity contribution >= 4 is 54.9 Å². The molecule has 2 amide bonds. The molecule has 5 aromatic rings. The number of anilines is 1. The van der Waals surface area contributed by atoms with Gasteiger partial charge in [-0.3, -0.25) is 9.59 Å². The lowest BCUT2D eigenvalue weighted by Crippen LogP contribution is -2.22. The van der Waals surface area contributed by atoms with Crippen LogP contribution >= 0.6 is 27.3 Å². The van der Waals surface area contributed by atoms with E-state index < -0.39 is 0 Å². The summed E-state index contributed by atoms with van der Waals surface area (Å²) in [5.41, 5.74) is 3.12. The first kappa shape index (κ1) is 24.7. The Hall–Kier alpha value is -3.94. The summed E-state index contributed by atoms with van der Waals surface area (Å²) in [7, 11) is 0. The highest BCUT2D eigenvalue weighted by Crippen LogP contribution is 2.38. The molecule has 1 heterocycles. The van der Waals surface area contributed by atoms with E-state index in [1.54, 1.807) is 12.1 Å². The lowest BCUT2D eigenvalue weighted by atomic mass is 10.1. The fraction of sp³-hybridized carbons (Fsp3) is 0.0667. The molecule has 37 heavy (non-hydrogen) atoms. The number of nitrogens with one attached hydrogen (secondary N) is 2. The van der Waals surface area contributed by atoms with Crippen LogP contribution in [0.4, 0.5) is 5.69 Å². The first-order valence-corrected chi connectivity index (χ1v) is 13.3. The van der Waals surface area contributed by atoms with Gasteiger partial charge in [0.25, 0.3) is 11.8 Å². The summed E-state index contributed by atoms with van der Waals surface area (Å²) >= 11 is 4.80. The summed E-state index contributed by atoms with van der Waals surface area (Å²) in [6.45, 7) is 0.688. The Labute approximate surface area is 227 Å². The normalized spacial score (nSPS) is 10.7. The molecule has 1 aromatic heterocycles. The van der Waals surface area contributed by atoms with Crippen molar-refractivity contribution in [2.45, 2.75) is 13.2 Å². The van der Waals surface area contributed by atoms with Crippen LogP contribution < -0.4 is 15.4 Å². The molecule has 7 heteroatoms. The molecule has 5 rings (SSSR count). The highest BCUT2D eigenvalue weighted by molar-refractivity contribution is 9.10. The molecule has 0 fully saturated rings. The number of rotatable bonds is 8. The molecule has 0 spiro atoms. The van der Waals surface area contributed by atoms with E-state index in [0.717, 1.165) is 25.7 Å². The van der Waals surface area contributed by atoms with Crippen molar-refractivity contribution in [3.63, 3.8) is 0 Å². The standard InChI is InChI=1S/C30H23BrN2O3S/c31-23-12-7-11-22(17-23)29(34)33-24-13-6-10-21(16-24)18-32-30(35)28-27(25-14-4-5-15-26(25)37-28)36-19-20-8-2-1-3-9-20/h1-17H,18-19H2,(H,32,35)(H,33,34). The number of hydrogen-bond donors (Lipinski definition) is 2. The lowest BCUT2D eigenvalue weighted by molar-refractivity contribution is 0.0950. The SMILES string of the molecule is O=C(Nc1cccc(CNC(=O)c2sc3ccccc3c2OCc2ccccc2)c1)c1cccc(Br)c1. The largest absolute Gasteiger partial charge is 0.487 e. The maximum Gasteiger partial charge on any atom is 0.265 e. The lowest BCUT2D eigenvalue weighted by Gasteiger charge is -2.10. The smallest absolute Gasteiger partial charge is 0.265 e. The minimum absolute atomic E-state index is 0.201. The first-order chi connectivity index (χ1) is 18.1. The summed E-state index contributed by atoms with van der Waals surface area (Å²) < 4.78 is 7.99. The van der Waals surface area contributed by atoms with Gasteiger partial charge < -0.3 is 15.4 Å². The van der Waals surface area contributed by atoms with Gasteiger partial charge in [0.15, 0.2) is 5.75 Å². The zero-order chi connectivity index (χ0) is 25.6. The molecular weight excluding hydrogens is 548 g/mol. The van der Waals surface area contributed by atoms with Gasteiger partial charge in [-0.25, -0.2) is 0 Å². The second kappa shape index (κ2) is 11.4. The highest BCUT2D eigenvalue weighted by atomic mass is 79.9. The number of fused-ring (bicyclic) bond motifs is 1. The molecule has 184 valence electrons. The predicted octanol–water partition coefficient (Wildman–Crippen LogP) is 7.43. The van der Waals surface area contributed by atoms with Crippen LogP contribution in [0.3, 0.4) is 0 Å². The van der Waals surface area contributed by atoms with E-state index in [1.165, 1.54) is 11.3 Å². The van der Waals surface area contributed by atoms with Gasteiger partial charge in [-0.1, -0.05) is 76.6 Å². The molecule has 2 N–H and O–H groups in total. The van der Waals surface area contributed by atoms with E-state index in [0.29, 0.717) is 35.0 Å². The topological polar surface area (TPSA) is 67.4 Å². The summed E-state index contributed by atoms with van der Waals surface area (Å²) in [5.74, 6) is 0.192. The monoisotopic (exact) mass is 570 g/mol. The average molecular weight is 571 g/mol. The molecule has 4 aromatic carbocycles. The summed E-state index contributed by atoms with van der Waals surface area (Å²) in [6, 6.07) is 32.4. The molecule has 0 radical (unpaired) electrons. The van der Waals surface area contributed by atoms with Gasteiger partial charge in [0, 0.05) is 32.4 Å². The van der Waals surface area contributed by atoms with E-state index in [9.17, 15) is 9.59 Å². The van der Waals surface area contributed by atoms with Crippen LogP contribution in [0.1, 0.15) is 31.2 Å². The second-order valence-electron chi connectivity index (χ2n) is 8.38.